The van der Waals surface area contributed by atoms with Gasteiger partial charge in [0, 0.05) is 28.4 Å². The van der Waals surface area contributed by atoms with Crippen LogP contribution in [0.1, 0.15) is 43.6 Å². The quantitative estimate of drug-likeness (QED) is 0.786. The van der Waals surface area contributed by atoms with Crippen LogP contribution in [-0.4, -0.2) is 15.0 Å². The molecule has 0 bridgehead atoms. The summed E-state index contributed by atoms with van der Waals surface area (Å²) in [5.41, 5.74) is 5.33. The Bertz CT molecular complexity index is 851. The molecule has 0 amide bonds. The van der Waals surface area contributed by atoms with Gasteiger partial charge in [-0.2, -0.15) is 5.26 Å². The Morgan fingerprint density at radius 3 is 2.59 bits per heavy atom. The van der Waals surface area contributed by atoms with Crippen molar-refractivity contribution in [1.29, 1.82) is 5.26 Å². The molecule has 0 aliphatic heterocycles. The molecule has 4 heteroatoms. The number of nitrogens with zero attached hydrogens (tertiary/aromatic N) is 3. The minimum Gasteiger partial charge on any atom is -0.358 e. The summed E-state index contributed by atoms with van der Waals surface area (Å²) in [6.45, 7) is 6.33. The first-order valence-electron chi connectivity index (χ1n) is 7.50. The van der Waals surface area contributed by atoms with E-state index >= 15 is 0 Å². The molecular formula is C18H18N4. The summed E-state index contributed by atoms with van der Waals surface area (Å²) in [4.78, 5) is 12.3. The van der Waals surface area contributed by atoms with Gasteiger partial charge >= 0.3 is 0 Å². The fraction of sp³-hybridized carbons (Fsp3) is 0.278. The summed E-state index contributed by atoms with van der Waals surface area (Å²) in [5, 5.41) is 10.5. The summed E-state index contributed by atoms with van der Waals surface area (Å²) in [6, 6.07) is 8.29. The zero-order chi connectivity index (χ0) is 15.7. The number of fused-ring (bicyclic) bond motifs is 1. The van der Waals surface area contributed by atoms with E-state index in [1.807, 2.05) is 19.1 Å². The lowest BCUT2D eigenvalue weighted by Crippen LogP contribution is -1.93. The Morgan fingerprint density at radius 2 is 2.00 bits per heavy atom. The second kappa shape index (κ2) is 5.61. The molecule has 2 aromatic heterocycles. The molecule has 0 aliphatic rings. The van der Waals surface area contributed by atoms with Crippen LogP contribution in [0.4, 0.5) is 0 Å². The molecule has 1 N–H and O–H groups in total. The first-order valence-corrected chi connectivity index (χ1v) is 7.50. The monoisotopic (exact) mass is 290 g/mol. The lowest BCUT2D eigenvalue weighted by Gasteiger charge is -2.04. The molecule has 0 fully saturated rings. The van der Waals surface area contributed by atoms with Gasteiger partial charge in [-0.15, -0.1) is 0 Å². The number of hydrogen-bond acceptors (Lipinski definition) is 3. The van der Waals surface area contributed by atoms with Gasteiger partial charge < -0.3 is 4.98 Å². The molecule has 0 saturated heterocycles. The van der Waals surface area contributed by atoms with Crippen LogP contribution in [0.5, 0.6) is 0 Å². The van der Waals surface area contributed by atoms with Crippen LogP contribution in [0.15, 0.2) is 30.6 Å². The van der Waals surface area contributed by atoms with E-state index in [1.54, 1.807) is 12.4 Å². The number of nitrogens with one attached hydrogen (secondary N) is 1. The van der Waals surface area contributed by atoms with Gasteiger partial charge in [-0.3, -0.25) is 9.97 Å². The zero-order valence-corrected chi connectivity index (χ0v) is 13.0. The number of H-pyrrole nitrogens is 1. The van der Waals surface area contributed by atoms with Gasteiger partial charge in [-0.1, -0.05) is 20.8 Å². The highest BCUT2D eigenvalue weighted by atomic mass is 14.8. The van der Waals surface area contributed by atoms with Crippen molar-refractivity contribution in [2.75, 3.05) is 0 Å². The maximum atomic E-state index is 9.45. The van der Waals surface area contributed by atoms with Gasteiger partial charge in [-0.05, 0) is 30.5 Å². The van der Waals surface area contributed by atoms with E-state index in [0.29, 0.717) is 11.5 Å². The second-order valence-electron chi connectivity index (χ2n) is 5.72. The smallest absolute Gasteiger partial charge is 0.0999 e. The molecule has 0 radical (unpaired) electrons. The van der Waals surface area contributed by atoms with Crippen LogP contribution in [0.3, 0.4) is 0 Å². The molecule has 0 atom stereocenters. The third-order valence-electron chi connectivity index (χ3n) is 3.87. The van der Waals surface area contributed by atoms with Crippen LogP contribution in [0.2, 0.25) is 0 Å². The largest absolute Gasteiger partial charge is 0.358 e. The van der Waals surface area contributed by atoms with E-state index < -0.39 is 0 Å². The highest BCUT2D eigenvalue weighted by Crippen LogP contribution is 2.29. The summed E-state index contributed by atoms with van der Waals surface area (Å²) in [5.74, 6) is 0.421. The molecule has 3 rings (SSSR count). The van der Waals surface area contributed by atoms with Gasteiger partial charge in [0.2, 0.25) is 0 Å². The number of benzene rings is 1. The fourth-order valence-electron chi connectivity index (χ4n) is 2.50. The third kappa shape index (κ3) is 2.46. The van der Waals surface area contributed by atoms with E-state index in [9.17, 15) is 5.26 Å². The van der Waals surface area contributed by atoms with E-state index in [4.69, 9.17) is 0 Å². The van der Waals surface area contributed by atoms with Crippen LogP contribution >= 0.6 is 0 Å². The number of aromatic amines is 1. The lowest BCUT2D eigenvalue weighted by molar-refractivity contribution is 0.836. The number of rotatable bonds is 3. The SMILES string of the molecule is CCc1cnc(-c2cc3[nH]c(C(C)C)cc3cc2C#N)cn1. The van der Waals surface area contributed by atoms with Crippen LogP contribution in [0, 0.1) is 11.3 Å². The molecule has 22 heavy (non-hydrogen) atoms. The highest BCUT2D eigenvalue weighted by molar-refractivity contribution is 5.88. The zero-order valence-electron chi connectivity index (χ0n) is 13.0. The summed E-state index contributed by atoms with van der Waals surface area (Å²) < 4.78 is 0. The first-order chi connectivity index (χ1) is 10.6. The van der Waals surface area contributed by atoms with Gasteiger partial charge in [0.1, 0.15) is 0 Å². The van der Waals surface area contributed by atoms with E-state index in [0.717, 1.165) is 34.3 Å². The van der Waals surface area contributed by atoms with E-state index in [-0.39, 0.29) is 0 Å². The normalized spacial score (nSPS) is 11.0. The van der Waals surface area contributed by atoms with Gasteiger partial charge in [0.15, 0.2) is 0 Å². The highest BCUT2D eigenvalue weighted by Gasteiger charge is 2.12. The summed E-state index contributed by atoms with van der Waals surface area (Å²) in [6.07, 6.45) is 4.37. The van der Waals surface area contributed by atoms with Crippen molar-refractivity contribution in [2.45, 2.75) is 33.1 Å². The topological polar surface area (TPSA) is 65.4 Å². The maximum absolute atomic E-state index is 9.45. The number of aromatic nitrogens is 3. The average Bonchev–Trinajstić information content (AvgIpc) is 2.97. The van der Waals surface area contributed by atoms with Crippen LogP contribution in [-0.2, 0) is 6.42 Å². The Kier molecular flexibility index (Phi) is 3.64. The van der Waals surface area contributed by atoms with Crippen molar-refractivity contribution >= 4 is 10.9 Å². The van der Waals surface area contributed by atoms with Crippen molar-refractivity contribution in [2.24, 2.45) is 0 Å². The van der Waals surface area contributed by atoms with Crippen LogP contribution in [0.25, 0.3) is 22.2 Å². The summed E-state index contributed by atoms with van der Waals surface area (Å²) >= 11 is 0. The predicted molar refractivity (Wildman–Crippen MR) is 87.5 cm³/mol. The van der Waals surface area contributed by atoms with E-state index in [2.05, 4.69) is 40.9 Å². The van der Waals surface area contributed by atoms with Crippen molar-refractivity contribution in [3.63, 3.8) is 0 Å². The summed E-state index contributed by atoms with van der Waals surface area (Å²) in [7, 11) is 0. The Hall–Kier alpha value is -2.67. The maximum Gasteiger partial charge on any atom is 0.0999 e. The molecule has 110 valence electrons. The van der Waals surface area contributed by atoms with Gasteiger partial charge in [0.25, 0.3) is 0 Å². The van der Waals surface area contributed by atoms with Crippen molar-refractivity contribution < 1.29 is 0 Å². The minimum atomic E-state index is 0.421. The Morgan fingerprint density at radius 1 is 1.18 bits per heavy atom. The molecule has 0 spiro atoms. The van der Waals surface area contributed by atoms with Crippen LogP contribution < -0.4 is 0 Å². The molecule has 0 unspecified atom stereocenters. The minimum absolute atomic E-state index is 0.421. The molecule has 3 aromatic rings. The Balaban J connectivity index is 2.16. The van der Waals surface area contributed by atoms with Gasteiger partial charge in [0.05, 0.1) is 29.2 Å². The molecule has 0 aliphatic carbocycles. The average molecular weight is 290 g/mol. The van der Waals surface area contributed by atoms with Gasteiger partial charge in [-0.25, -0.2) is 0 Å². The number of hydrogen-bond donors (Lipinski definition) is 1. The lowest BCUT2D eigenvalue weighted by atomic mass is 10.0. The molecule has 2 heterocycles. The number of nitriles is 1. The number of aryl methyl sites for hydroxylation is 1. The predicted octanol–water partition coefficient (Wildman–Crippen LogP) is 4.18. The van der Waals surface area contributed by atoms with Crippen molar-refractivity contribution in [3.8, 4) is 17.3 Å². The second-order valence-corrected chi connectivity index (χ2v) is 5.72. The fourth-order valence-corrected chi connectivity index (χ4v) is 2.50. The molecule has 1 aromatic carbocycles. The molecule has 0 saturated carbocycles. The van der Waals surface area contributed by atoms with E-state index in [1.165, 1.54) is 5.69 Å². The Labute approximate surface area is 129 Å². The van der Waals surface area contributed by atoms with Crippen molar-refractivity contribution in [3.05, 3.63) is 47.5 Å². The molecule has 4 nitrogen and oxygen atoms in total. The molecular weight excluding hydrogens is 272 g/mol. The standard InChI is InChI=1S/C18H18N4/c1-4-14-9-21-18(10-20-14)15-7-17-12(5-13(15)8-19)6-16(22-17)11(2)3/h5-7,9-11,22H,4H2,1-3H3. The first kappa shape index (κ1) is 14.3. The third-order valence-corrected chi connectivity index (χ3v) is 3.87. The van der Waals surface area contributed by atoms with Crippen molar-refractivity contribution in [1.82, 2.24) is 15.0 Å².